The molecule has 3 aliphatic rings. The largest absolute Gasteiger partial charge is 0.491 e. The van der Waals surface area contributed by atoms with Gasteiger partial charge in [0.05, 0.1) is 30.6 Å². The van der Waals surface area contributed by atoms with Gasteiger partial charge in [0, 0.05) is 33.8 Å². The van der Waals surface area contributed by atoms with E-state index in [9.17, 15) is 14.4 Å². The topological polar surface area (TPSA) is 88.2 Å². The Hall–Kier alpha value is -2.61. The number of para-hydroxylation sites is 1. The van der Waals surface area contributed by atoms with Gasteiger partial charge in [-0.3, -0.25) is 14.4 Å². The van der Waals surface area contributed by atoms with Crippen molar-refractivity contribution in [2.45, 2.75) is 38.5 Å². The Bertz CT molecular complexity index is 805. The van der Waals surface area contributed by atoms with Gasteiger partial charge >= 0.3 is 0 Å². The summed E-state index contributed by atoms with van der Waals surface area (Å²) < 4.78 is 11.0. The molecule has 0 aliphatic carbocycles. The number of nitrogens with one attached hydrogen (secondary N) is 1. The highest BCUT2D eigenvalue weighted by molar-refractivity contribution is 5.97. The Balaban J connectivity index is 1.83. The minimum absolute atomic E-state index is 0.0252. The SMILES string of the molecule is CNC(=O)C12CCCCN(C(=O)CCOC)CCOc3ccccc3C(=O)N(CC1)CC2. The summed E-state index contributed by atoms with van der Waals surface area (Å²) in [4.78, 5) is 42.3. The number of hydrogen-bond donors (Lipinski definition) is 1. The molecular weight excluding hydrogens is 410 g/mol. The molecule has 0 radical (unpaired) electrons. The molecule has 8 nitrogen and oxygen atoms in total. The first kappa shape index (κ1) is 24.0. The summed E-state index contributed by atoms with van der Waals surface area (Å²) in [6.07, 6.45) is 4.01. The quantitative estimate of drug-likeness (QED) is 0.767. The van der Waals surface area contributed by atoms with E-state index in [1.807, 2.05) is 17.0 Å². The molecule has 1 N–H and O–H groups in total. The lowest BCUT2D eigenvalue weighted by molar-refractivity contribution is -0.134. The molecule has 3 amide bonds. The third-order valence-corrected chi connectivity index (χ3v) is 6.66. The number of fused-ring (bicyclic) bond motifs is 9. The Labute approximate surface area is 190 Å². The van der Waals surface area contributed by atoms with Crippen molar-refractivity contribution in [2.75, 3.05) is 53.6 Å². The van der Waals surface area contributed by atoms with Gasteiger partial charge in [0.1, 0.15) is 12.4 Å². The number of carbonyl (C=O) groups excluding carboxylic acids is 3. The lowest BCUT2D eigenvalue weighted by Crippen LogP contribution is -2.49. The van der Waals surface area contributed by atoms with E-state index < -0.39 is 5.41 Å². The van der Waals surface area contributed by atoms with E-state index in [1.165, 1.54) is 0 Å². The highest BCUT2D eigenvalue weighted by Gasteiger charge is 2.41. The normalized spacial score (nSPS) is 19.4. The number of amides is 3. The van der Waals surface area contributed by atoms with Crippen molar-refractivity contribution in [1.82, 2.24) is 15.1 Å². The molecule has 3 heterocycles. The zero-order chi connectivity index (χ0) is 23.0. The molecule has 0 aromatic heterocycles. The molecule has 3 aliphatic heterocycles. The van der Waals surface area contributed by atoms with Crippen LogP contribution >= 0.6 is 0 Å². The number of methoxy groups -OCH3 is 1. The second-order valence-electron chi connectivity index (χ2n) is 8.58. The Kier molecular flexibility index (Phi) is 8.50. The minimum Gasteiger partial charge on any atom is -0.491 e. The predicted octanol–water partition coefficient (Wildman–Crippen LogP) is 2.08. The summed E-state index contributed by atoms with van der Waals surface area (Å²) in [5.74, 6) is 0.525. The number of piperidine rings is 1. The summed E-state index contributed by atoms with van der Waals surface area (Å²) in [5, 5.41) is 2.83. The van der Waals surface area contributed by atoms with Crippen molar-refractivity contribution in [3.05, 3.63) is 29.8 Å². The van der Waals surface area contributed by atoms with Crippen LogP contribution in [-0.4, -0.2) is 81.1 Å². The summed E-state index contributed by atoms with van der Waals surface area (Å²) in [5.41, 5.74) is 0.0548. The van der Waals surface area contributed by atoms with Gasteiger partial charge in [0.15, 0.2) is 0 Å². The van der Waals surface area contributed by atoms with E-state index in [2.05, 4.69) is 5.32 Å². The molecule has 4 rings (SSSR count). The first-order valence-corrected chi connectivity index (χ1v) is 11.5. The average molecular weight is 446 g/mol. The third-order valence-electron chi connectivity index (χ3n) is 6.66. The second-order valence-corrected chi connectivity index (χ2v) is 8.58. The molecule has 1 aromatic carbocycles. The lowest BCUT2D eigenvalue weighted by atomic mass is 9.73. The fourth-order valence-electron chi connectivity index (χ4n) is 4.67. The van der Waals surface area contributed by atoms with Gasteiger partial charge in [-0.2, -0.15) is 0 Å². The van der Waals surface area contributed by atoms with Crippen LogP contribution in [0.3, 0.4) is 0 Å². The molecule has 1 fully saturated rings. The van der Waals surface area contributed by atoms with E-state index in [0.29, 0.717) is 70.0 Å². The van der Waals surface area contributed by atoms with Crippen molar-refractivity contribution in [3.63, 3.8) is 0 Å². The molecule has 0 atom stereocenters. The van der Waals surface area contributed by atoms with E-state index in [-0.39, 0.29) is 17.7 Å². The maximum Gasteiger partial charge on any atom is 0.257 e. The van der Waals surface area contributed by atoms with Crippen molar-refractivity contribution in [2.24, 2.45) is 5.41 Å². The zero-order valence-corrected chi connectivity index (χ0v) is 19.2. The molecule has 1 aromatic rings. The van der Waals surface area contributed by atoms with Gasteiger partial charge in [-0.1, -0.05) is 18.6 Å². The maximum atomic E-state index is 13.2. The van der Waals surface area contributed by atoms with E-state index in [4.69, 9.17) is 9.47 Å². The predicted molar refractivity (Wildman–Crippen MR) is 120 cm³/mol. The van der Waals surface area contributed by atoms with Gasteiger partial charge < -0.3 is 24.6 Å². The Morgan fingerprint density at radius 3 is 2.56 bits per heavy atom. The standard InChI is InChI=1S/C24H35N3O5/c1-25-23(30)24-10-5-6-13-26(21(28)9-17-31-2)16-18-32-20-8-4-3-7-19(20)22(29)27(14-11-24)15-12-24/h3-4,7-8H,5-6,9-18H2,1-2H3,(H,25,30). The van der Waals surface area contributed by atoms with Gasteiger partial charge in [-0.05, 0) is 37.8 Å². The fourth-order valence-corrected chi connectivity index (χ4v) is 4.67. The number of benzene rings is 1. The highest BCUT2D eigenvalue weighted by atomic mass is 16.5. The first-order chi connectivity index (χ1) is 15.5. The van der Waals surface area contributed by atoms with Crippen molar-refractivity contribution in [3.8, 4) is 5.75 Å². The highest BCUT2D eigenvalue weighted by Crippen LogP contribution is 2.38. The van der Waals surface area contributed by atoms with Crippen LogP contribution in [0.5, 0.6) is 5.75 Å². The molecule has 0 unspecified atom stereocenters. The number of ether oxygens (including phenoxy) is 2. The molecule has 0 spiro atoms. The van der Waals surface area contributed by atoms with Crippen LogP contribution in [0.4, 0.5) is 0 Å². The third kappa shape index (κ3) is 5.59. The van der Waals surface area contributed by atoms with Crippen molar-refractivity contribution < 1.29 is 23.9 Å². The number of nitrogens with zero attached hydrogens (tertiary/aromatic N) is 2. The molecule has 0 saturated carbocycles. The van der Waals surface area contributed by atoms with Crippen LogP contribution in [-0.2, 0) is 14.3 Å². The fraction of sp³-hybridized carbons (Fsp3) is 0.625. The summed E-state index contributed by atoms with van der Waals surface area (Å²) >= 11 is 0. The first-order valence-electron chi connectivity index (χ1n) is 11.5. The van der Waals surface area contributed by atoms with E-state index in [0.717, 1.165) is 19.3 Å². The maximum absolute atomic E-state index is 13.2. The van der Waals surface area contributed by atoms with Gasteiger partial charge in [-0.25, -0.2) is 0 Å². The molecule has 1 saturated heterocycles. The Morgan fingerprint density at radius 1 is 1.09 bits per heavy atom. The van der Waals surface area contributed by atoms with Crippen LogP contribution in [0.15, 0.2) is 24.3 Å². The zero-order valence-electron chi connectivity index (χ0n) is 19.2. The molecule has 8 heteroatoms. The number of hydrogen-bond acceptors (Lipinski definition) is 5. The second kappa shape index (κ2) is 11.3. The van der Waals surface area contributed by atoms with Crippen molar-refractivity contribution in [1.29, 1.82) is 0 Å². The molecule has 176 valence electrons. The van der Waals surface area contributed by atoms with E-state index in [1.54, 1.807) is 31.2 Å². The average Bonchev–Trinajstić information content (AvgIpc) is 2.83. The summed E-state index contributed by atoms with van der Waals surface area (Å²) in [6.45, 7) is 2.83. The molecule has 32 heavy (non-hydrogen) atoms. The lowest BCUT2D eigenvalue weighted by Gasteiger charge is -2.40. The van der Waals surface area contributed by atoms with Gasteiger partial charge in [0.2, 0.25) is 11.8 Å². The smallest absolute Gasteiger partial charge is 0.257 e. The van der Waals surface area contributed by atoms with Crippen LogP contribution in [0.1, 0.15) is 48.9 Å². The number of rotatable bonds is 4. The van der Waals surface area contributed by atoms with Crippen molar-refractivity contribution >= 4 is 17.7 Å². The summed E-state index contributed by atoms with van der Waals surface area (Å²) in [6, 6.07) is 7.24. The van der Waals surface area contributed by atoms with Gasteiger partial charge in [-0.15, -0.1) is 0 Å². The van der Waals surface area contributed by atoms with E-state index >= 15 is 0 Å². The minimum atomic E-state index is -0.466. The van der Waals surface area contributed by atoms with Crippen LogP contribution in [0, 0.1) is 5.41 Å². The molecular formula is C24H35N3O5. The number of carbonyl (C=O) groups is 3. The Morgan fingerprint density at radius 2 is 1.84 bits per heavy atom. The van der Waals surface area contributed by atoms with Crippen LogP contribution in [0.2, 0.25) is 0 Å². The molecule has 2 bridgehead atoms. The monoisotopic (exact) mass is 445 g/mol. The van der Waals surface area contributed by atoms with Crippen LogP contribution < -0.4 is 10.1 Å². The summed E-state index contributed by atoms with van der Waals surface area (Å²) in [7, 11) is 3.26. The van der Waals surface area contributed by atoms with Gasteiger partial charge in [0.25, 0.3) is 5.91 Å². The van der Waals surface area contributed by atoms with Crippen LogP contribution in [0.25, 0.3) is 0 Å².